The fraction of sp³-hybridized carbons (Fsp3) is 0. The lowest BCUT2D eigenvalue weighted by atomic mass is 10.2. The average Bonchev–Trinajstić information content (AvgIpc) is 2.55. The summed E-state index contributed by atoms with van der Waals surface area (Å²) >= 11 is 0. The number of anilines is 2. The molecular formula is C15H12N4O5. The Morgan fingerprint density at radius 3 is 2.29 bits per heavy atom. The quantitative estimate of drug-likeness (QED) is 0.333. The molecule has 0 bridgehead atoms. The molecule has 0 aliphatic rings. The summed E-state index contributed by atoms with van der Waals surface area (Å²) in [6.45, 7) is 0. The van der Waals surface area contributed by atoms with Gasteiger partial charge in [0.15, 0.2) is 0 Å². The third-order valence-corrected chi connectivity index (χ3v) is 2.92. The minimum atomic E-state index is -1.19. The second kappa shape index (κ2) is 7.01. The van der Waals surface area contributed by atoms with Gasteiger partial charge in [-0.05, 0) is 30.3 Å². The number of rotatable bonds is 3. The molecule has 122 valence electrons. The van der Waals surface area contributed by atoms with Crippen molar-refractivity contribution in [3.63, 3.8) is 0 Å². The lowest BCUT2D eigenvalue weighted by Gasteiger charge is -2.06. The lowest BCUT2D eigenvalue weighted by molar-refractivity contribution is -0.384. The molecule has 2 aromatic rings. The number of nitrogens with zero attached hydrogens (tertiary/aromatic N) is 1. The number of carbonyl (C=O) groups is 3. The summed E-state index contributed by atoms with van der Waals surface area (Å²) in [5.74, 6) is -3.09. The summed E-state index contributed by atoms with van der Waals surface area (Å²) in [6.07, 6.45) is 0. The lowest BCUT2D eigenvalue weighted by Crippen LogP contribution is -2.39. The van der Waals surface area contributed by atoms with Crippen LogP contribution in [0.1, 0.15) is 10.4 Å². The number of hydrogen-bond donors (Lipinski definition) is 3. The number of nitro groups is 1. The maximum Gasteiger partial charge on any atom is 0.316 e. The molecule has 0 unspecified atom stereocenters. The monoisotopic (exact) mass is 328 g/mol. The molecule has 0 aromatic heterocycles. The fourth-order valence-electron chi connectivity index (χ4n) is 1.75. The highest BCUT2D eigenvalue weighted by atomic mass is 16.6. The minimum Gasteiger partial charge on any atom is -0.399 e. The van der Waals surface area contributed by atoms with Gasteiger partial charge in [0.25, 0.3) is 11.6 Å². The van der Waals surface area contributed by atoms with Crippen LogP contribution >= 0.6 is 0 Å². The Kier molecular flexibility index (Phi) is 4.85. The summed E-state index contributed by atoms with van der Waals surface area (Å²) in [4.78, 5) is 45.3. The van der Waals surface area contributed by atoms with Gasteiger partial charge in [-0.2, -0.15) is 0 Å². The van der Waals surface area contributed by atoms with Gasteiger partial charge in [0.2, 0.25) is 0 Å². The van der Waals surface area contributed by atoms with Crippen molar-refractivity contribution in [1.82, 2.24) is 5.32 Å². The van der Waals surface area contributed by atoms with Crippen LogP contribution in [-0.4, -0.2) is 22.6 Å². The van der Waals surface area contributed by atoms with Crippen LogP contribution in [0, 0.1) is 10.1 Å². The van der Waals surface area contributed by atoms with Crippen molar-refractivity contribution in [3.8, 4) is 0 Å². The molecule has 0 spiro atoms. The number of amides is 3. The number of imide groups is 1. The predicted octanol–water partition coefficient (Wildman–Crippen LogP) is 1.07. The van der Waals surface area contributed by atoms with E-state index >= 15 is 0 Å². The molecule has 2 rings (SSSR count). The Morgan fingerprint density at radius 1 is 1.00 bits per heavy atom. The average molecular weight is 328 g/mol. The van der Waals surface area contributed by atoms with Gasteiger partial charge in [-0.25, -0.2) is 0 Å². The zero-order valence-electron chi connectivity index (χ0n) is 12.2. The van der Waals surface area contributed by atoms with Gasteiger partial charge >= 0.3 is 11.8 Å². The number of nitrogen functional groups attached to an aromatic ring is 1. The van der Waals surface area contributed by atoms with Crippen LogP contribution in [0.2, 0.25) is 0 Å². The first kappa shape index (κ1) is 16.6. The maximum atomic E-state index is 11.8. The third-order valence-electron chi connectivity index (χ3n) is 2.92. The molecule has 9 nitrogen and oxygen atoms in total. The SMILES string of the molecule is Nc1ccc(C(=O)NC(=O)C(=O)Nc2cccc([N+](=O)[O-])c2)cc1. The van der Waals surface area contributed by atoms with Crippen molar-refractivity contribution in [2.45, 2.75) is 0 Å². The standard InChI is InChI=1S/C15H12N4O5/c16-10-6-4-9(5-7-10)13(20)18-15(22)14(21)17-11-2-1-3-12(8-11)19(23)24/h1-8H,16H2,(H,17,21)(H,18,20,22). The number of carbonyl (C=O) groups excluding carboxylic acids is 3. The van der Waals surface area contributed by atoms with Crippen LogP contribution in [0.5, 0.6) is 0 Å². The highest BCUT2D eigenvalue weighted by Gasteiger charge is 2.18. The van der Waals surface area contributed by atoms with E-state index in [-0.39, 0.29) is 16.9 Å². The first-order valence-electron chi connectivity index (χ1n) is 6.63. The van der Waals surface area contributed by atoms with Crippen molar-refractivity contribution in [1.29, 1.82) is 0 Å². The smallest absolute Gasteiger partial charge is 0.316 e. The van der Waals surface area contributed by atoms with Gasteiger partial charge in [0.1, 0.15) is 0 Å². The van der Waals surface area contributed by atoms with Crippen molar-refractivity contribution in [3.05, 3.63) is 64.2 Å². The van der Waals surface area contributed by atoms with Crippen LogP contribution in [0.4, 0.5) is 17.1 Å². The summed E-state index contributed by atoms with van der Waals surface area (Å²) in [5.41, 5.74) is 5.90. The maximum absolute atomic E-state index is 11.8. The number of hydrogen-bond acceptors (Lipinski definition) is 6. The van der Waals surface area contributed by atoms with Gasteiger partial charge < -0.3 is 11.1 Å². The van der Waals surface area contributed by atoms with E-state index in [1.54, 1.807) is 0 Å². The Morgan fingerprint density at radius 2 is 1.67 bits per heavy atom. The molecule has 3 amide bonds. The van der Waals surface area contributed by atoms with Gasteiger partial charge in [-0.15, -0.1) is 0 Å². The highest BCUT2D eigenvalue weighted by molar-refractivity contribution is 6.42. The Bertz CT molecular complexity index is 817. The van der Waals surface area contributed by atoms with E-state index in [9.17, 15) is 24.5 Å². The number of nitrogens with one attached hydrogen (secondary N) is 2. The Balaban J connectivity index is 2.00. The second-order valence-corrected chi connectivity index (χ2v) is 4.67. The normalized spacial score (nSPS) is 9.83. The molecule has 0 saturated heterocycles. The fourth-order valence-corrected chi connectivity index (χ4v) is 1.75. The van der Waals surface area contributed by atoms with Crippen LogP contribution in [0.3, 0.4) is 0 Å². The van der Waals surface area contributed by atoms with Crippen molar-refractivity contribution < 1.29 is 19.3 Å². The largest absolute Gasteiger partial charge is 0.399 e. The highest BCUT2D eigenvalue weighted by Crippen LogP contribution is 2.16. The molecule has 9 heteroatoms. The van der Waals surface area contributed by atoms with E-state index in [2.05, 4.69) is 5.32 Å². The van der Waals surface area contributed by atoms with Gasteiger partial charge in [0, 0.05) is 29.1 Å². The Labute approximate surface area is 135 Å². The van der Waals surface area contributed by atoms with Gasteiger partial charge in [-0.3, -0.25) is 29.8 Å². The van der Waals surface area contributed by atoms with E-state index in [4.69, 9.17) is 5.73 Å². The van der Waals surface area contributed by atoms with E-state index in [1.165, 1.54) is 42.5 Å². The predicted molar refractivity (Wildman–Crippen MR) is 85.1 cm³/mol. The number of nitrogens with two attached hydrogens (primary N) is 1. The molecule has 0 fully saturated rings. The molecule has 0 heterocycles. The molecule has 4 N–H and O–H groups in total. The first-order valence-corrected chi connectivity index (χ1v) is 6.63. The third kappa shape index (κ3) is 4.13. The first-order chi connectivity index (χ1) is 11.4. The van der Waals surface area contributed by atoms with Crippen LogP contribution in [-0.2, 0) is 9.59 Å². The zero-order valence-corrected chi connectivity index (χ0v) is 12.2. The zero-order chi connectivity index (χ0) is 17.7. The summed E-state index contributed by atoms with van der Waals surface area (Å²) in [7, 11) is 0. The van der Waals surface area contributed by atoms with Crippen LogP contribution in [0.15, 0.2) is 48.5 Å². The molecule has 0 aliphatic carbocycles. The molecule has 24 heavy (non-hydrogen) atoms. The number of nitro benzene ring substituents is 1. The summed E-state index contributed by atoms with van der Waals surface area (Å²) in [6, 6.07) is 10.8. The molecule has 2 aromatic carbocycles. The van der Waals surface area contributed by atoms with Gasteiger partial charge in [-0.1, -0.05) is 6.07 Å². The van der Waals surface area contributed by atoms with Gasteiger partial charge in [0.05, 0.1) is 4.92 Å². The van der Waals surface area contributed by atoms with Crippen molar-refractivity contribution >= 4 is 34.8 Å². The van der Waals surface area contributed by atoms with E-state index in [0.29, 0.717) is 5.69 Å². The van der Waals surface area contributed by atoms with Crippen LogP contribution in [0.25, 0.3) is 0 Å². The molecular weight excluding hydrogens is 316 g/mol. The van der Waals surface area contributed by atoms with Crippen LogP contribution < -0.4 is 16.4 Å². The van der Waals surface area contributed by atoms with E-state index in [1.807, 2.05) is 5.32 Å². The molecule has 0 aliphatic heterocycles. The summed E-state index contributed by atoms with van der Waals surface area (Å²) in [5, 5.41) is 14.7. The van der Waals surface area contributed by atoms with Crippen molar-refractivity contribution in [2.75, 3.05) is 11.1 Å². The summed E-state index contributed by atoms with van der Waals surface area (Å²) < 4.78 is 0. The van der Waals surface area contributed by atoms with E-state index in [0.717, 1.165) is 6.07 Å². The Hall–Kier alpha value is -3.75. The topological polar surface area (TPSA) is 144 Å². The minimum absolute atomic E-state index is 0.0595. The number of benzene rings is 2. The molecule has 0 radical (unpaired) electrons. The van der Waals surface area contributed by atoms with E-state index < -0.39 is 22.6 Å². The van der Waals surface area contributed by atoms with Crippen molar-refractivity contribution in [2.24, 2.45) is 0 Å². The second-order valence-electron chi connectivity index (χ2n) is 4.67. The number of non-ortho nitro benzene ring substituents is 1. The molecule has 0 saturated carbocycles. The molecule has 0 atom stereocenters.